The second kappa shape index (κ2) is 5.78. The monoisotopic (exact) mass is 293 g/mol. The number of aromatic nitrogens is 1. The van der Waals surface area contributed by atoms with E-state index in [-0.39, 0.29) is 5.56 Å². The van der Waals surface area contributed by atoms with Gasteiger partial charge in [0.1, 0.15) is 0 Å². The number of hydrogen-bond acceptors (Lipinski definition) is 2. The van der Waals surface area contributed by atoms with Gasteiger partial charge in [0.2, 0.25) is 0 Å². The van der Waals surface area contributed by atoms with Crippen molar-refractivity contribution in [2.75, 3.05) is 0 Å². The third-order valence-electron chi connectivity index (χ3n) is 2.78. The van der Waals surface area contributed by atoms with Crippen LogP contribution in [0.1, 0.15) is 11.1 Å². The lowest BCUT2D eigenvalue weighted by Crippen LogP contribution is -2.07. The number of carbonyl (C=O) groups is 1. The van der Waals surface area contributed by atoms with Gasteiger partial charge >= 0.3 is 12.1 Å². The van der Waals surface area contributed by atoms with Gasteiger partial charge in [0.25, 0.3) is 0 Å². The van der Waals surface area contributed by atoms with Crippen LogP contribution in [0, 0.1) is 0 Å². The molecule has 0 saturated carbocycles. The molecule has 1 heterocycles. The van der Waals surface area contributed by atoms with Gasteiger partial charge in [-0.25, -0.2) is 4.79 Å². The molecule has 0 aliphatic carbocycles. The molecule has 2 aromatic rings. The first kappa shape index (κ1) is 14.8. The summed E-state index contributed by atoms with van der Waals surface area (Å²) in [5, 5.41) is 8.53. The first-order valence-corrected chi connectivity index (χ1v) is 5.90. The third-order valence-corrected chi connectivity index (χ3v) is 2.78. The first-order valence-electron chi connectivity index (χ1n) is 5.90. The molecule has 0 amide bonds. The first-order chi connectivity index (χ1) is 9.88. The molecule has 1 N–H and O–H groups in total. The van der Waals surface area contributed by atoms with Crippen LogP contribution < -0.4 is 0 Å². The molecule has 2 rings (SSSR count). The Hall–Kier alpha value is -2.63. The Bertz CT molecular complexity index is 679. The van der Waals surface area contributed by atoms with Gasteiger partial charge in [-0.2, -0.15) is 13.2 Å². The molecule has 0 saturated heterocycles. The maximum absolute atomic E-state index is 13.1. The predicted octanol–water partition coefficient (Wildman–Crippen LogP) is 3.87. The number of nitrogens with zero attached hydrogens (tertiary/aromatic N) is 1. The summed E-state index contributed by atoms with van der Waals surface area (Å²) in [7, 11) is 0. The van der Waals surface area contributed by atoms with Gasteiger partial charge in [0, 0.05) is 18.5 Å². The van der Waals surface area contributed by atoms with E-state index in [1.54, 1.807) is 12.1 Å². The summed E-state index contributed by atoms with van der Waals surface area (Å²) < 4.78 is 39.2. The zero-order chi connectivity index (χ0) is 15.5. The number of rotatable bonds is 3. The Labute approximate surface area is 118 Å². The number of carboxylic acid groups (broad SMARTS) is 1. The van der Waals surface area contributed by atoms with Crippen LogP contribution in [0.25, 0.3) is 17.2 Å². The van der Waals surface area contributed by atoms with E-state index in [0.717, 1.165) is 12.1 Å². The maximum atomic E-state index is 13.1. The van der Waals surface area contributed by atoms with Crippen molar-refractivity contribution in [3.05, 3.63) is 59.9 Å². The zero-order valence-corrected chi connectivity index (χ0v) is 10.6. The van der Waals surface area contributed by atoms with Crippen molar-refractivity contribution >= 4 is 12.0 Å². The molecule has 3 nitrogen and oxygen atoms in total. The summed E-state index contributed by atoms with van der Waals surface area (Å²) in [5.41, 5.74) is -0.0847. The zero-order valence-electron chi connectivity index (χ0n) is 10.6. The minimum atomic E-state index is -4.57. The molecule has 6 heteroatoms. The summed E-state index contributed by atoms with van der Waals surface area (Å²) >= 11 is 0. The SMILES string of the molecule is O=C(O)C=Cc1ccc(-c2ccncc2)cc1C(F)(F)F. The molecule has 1 aromatic carbocycles. The highest BCUT2D eigenvalue weighted by Gasteiger charge is 2.33. The molecule has 0 aliphatic heterocycles. The molecule has 1 aromatic heterocycles. The fourth-order valence-electron chi connectivity index (χ4n) is 1.83. The summed E-state index contributed by atoms with van der Waals surface area (Å²) in [6.45, 7) is 0. The van der Waals surface area contributed by atoms with Crippen molar-refractivity contribution < 1.29 is 23.1 Å². The van der Waals surface area contributed by atoms with Gasteiger partial charge < -0.3 is 5.11 Å². The largest absolute Gasteiger partial charge is 0.478 e. The Balaban J connectivity index is 2.53. The minimum absolute atomic E-state index is 0.192. The van der Waals surface area contributed by atoms with Crippen molar-refractivity contribution in [1.29, 1.82) is 0 Å². The second-order valence-corrected chi connectivity index (χ2v) is 4.21. The number of carboxylic acids is 1. The van der Waals surface area contributed by atoms with Crippen LogP contribution in [0.15, 0.2) is 48.8 Å². The van der Waals surface area contributed by atoms with E-state index in [1.165, 1.54) is 24.5 Å². The quantitative estimate of drug-likeness (QED) is 0.874. The number of pyridine rings is 1. The lowest BCUT2D eigenvalue weighted by molar-refractivity contribution is -0.137. The summed E-state index contributed by atoms with van der Waals surface area (Å²) in [6.07, 6.45) is 0.0149. The molecule has 0 spiro atoms. The van der Waals surface area contributed by atoms with Crippen LogP contribution >= 0.6 is 0 Å². The average molecular weight is 293 g/mol. The predicted molar refractivity (Wildman–Crippen MR) is 71.3 cm³/mol. The molecule has 108 valence electrons. The van der Waals surface area contributed by atoms with Crippen molar-refractivity contribution in [3.8, 4) is 11.1 Å². The number of hydrogen-bond donors (Lipinski definition) is 1. The molecule has 0 fully saturated rings. The van der Waals surface area contributed by atoms with Crippen LogP contribution in [0.5, 0.6) is 0 Å². The lowest BCUT2D eigenvalue weighted by Gasteiger charge is -2.12. The minimum Gasteiger partial charge on any atom is -0.478 e. The number of alkyl halides is 3. The van der Waals surface area contributed by atoms with E-state index in [1.807, 2.05) is 0 Å². The molecule has 0 radical (unpaired) electrons. The smallest absolute Gasteiger partial charge is 0.417 e. The normalized spacial score (nSPS) is 11.8. The van der Waals surface area contributed by atoms with E-state index in [0.29, 0.717) is 17.2 Å². The van der Waals surface area contributed by atoms with Gasteiger partial charge in [-0.05, 0) is 41.0 Å². The maximum Gasteiger partial charge on any atom is 0.417 e. The van der Waals surface area contributed by atoms with Crippen molar-refractivity contribution in [2.24, 2.45) is 0 Å². The Morgan fingerprint density at radius 1 is 1.10 bits per heavy atom. The third kappa shape index (κ3) is 3.68. The topological polar surface area (TPSA) is 50.2 Å². The highest BCUT2D eigenvalue weighted by molar-refractivity contribution is 5.86. The fraction of sp³-hybridized carbons (Fsp3) is 0.0667. The van der Waals surface area contributed by atoms with Crippen LogP contribution in [-0.4, -0.2) is 16.1 Å². The van der Waals surface area contributed by atoms with Crippen LogP contribution in [0.3, 0.4) is 0 Å². The molecule has 0 aliphatic rings. The number of aliphatic carboxylic acids is 1. The van der Waals surface area contributed by atoms with E-state index >= 15 is 0 Å². The lowest BCUT2D eigenvalue weighted by atomic mass is 9.99. The molecule has 21 heavy (non-hydrogen) atoms. The van der Waals surface area contributed by atoms with Gasteiger partial charge in [-0.3, -0.25) is 4.98 Å². The van der Waals surface area contributed by atoms with E-state index in [9.17, 15) is 18.0 Å². The molecule has 0 unspecified atom stereocenters. The van der Waals surface area contributed by atoms with Crippen molar-refractivity contribution in [1.82, 2.24) is 4.98 Å². The van der Waals surface area contributed by atoms with Crippen LogP contribution in [0.2, 0.25) is 0 Å². The summed E-state index contributed by atoms with van der Waals surface area (Å²) in [6, 6.07) is 6.95. The summed E-state index contributed by atoms with van der Waals surface area (Å²) in [5.74, 6) is -1.30. The van der Waals surface area contributed by atoms with Crippen LogP contribution in [0.4, 0.5) is 13.2 Å². The second-order valence-electron chi connectivity index (χ2n) is 4.21. The van der Waals surface area contributed by atoms with Gasteiger partial charge in [-0.1, -0.05) is 12.1 Å². The van der Waals surface area contributed by atoms with Crippen molar-refractivity contribution in [2.45, 2.75) is 6.18 Å². The van der Waals surface area contributed by atoms with E-state index in [2.05, 4.69) is 4.98 Å². The van der Waals surface area contributed by atoms with E-state index < -0.39 is 17.7 Å². The molecule has 0 atom stereocenters. The highest BCUT2D eigenvalue weighted by Crippen LogP contribution is 2.35. The molecule has 0 bridgehead atoms. The summed E-state index contributed by atoms with van der Waals surface area (Å²) in [4.78, 5) is 14.3. The van der Waals surface area contributed by atoms with Gasteiger partial charge in [0.05, 0.1) is 5.56 Å². The Morgan fingerprint density at radius 2 is 1.76 bits per heavy atom. The molecular weight excluding hydrogens is 283 g/mol. The van der Waals surface area contributed by atoms with Crippen molar-refractivity contribution in [3.63, 3.8) is 0 Å². The van der Waals surface area contributed by atoms with E-state index in [4.69, 9.17) is 5.11 Å². The molecular formula is C15H10F3NO2. The highest BCUT2D eigenvalue weighted by atomic mass is 19.4. The van der Waals surface area contributed by atoms with Crippen LogP contribution in [-0.2, 0) is 11.0 Å². The fourth-order valence-corrected chi connectivity index (χ4v) is 1.83. The number of benzene rings is 1. The standard InChI is InChI=1S/C15H10F3NO2/c16-15(17,18)13-9-12(10-5-7-19-8-6-10)2-1-11(13)3-4-14(20)21/h1-9H,(H,20,21). The number of halogens is 3. The van der Waals surface area contributed by atoms with Gasteiger partial charge in [-0.15, -0.1) is 0 Å². The van der Waals surface area contributed by atoms with Gasteiger partial charge in [0.15, 0.2) is 0 Å². The Kier molecular flexibility index (Phi) is 4.07. The average Bonchev–Trinajstić information content (AvgIpc) is 2.45. The Morgan fingerprint density at radius 3 is 2.33 bits per heavy atom.